The van der Waals surface area contributed by atoms with E-state index in [4.69, 9.17) is 0 Å². The minimum absolute atomic E-state index is 0.288. The van der Waals surface area contributed by atoms with Crippen LogP contribution in [0.4, 0.5) is 0 Å². The molecule has 0 saturated carbocycles. The second-order valence-corrected chi connectivity index (χ2v) is 5.96. The Morgan fingerprint density at radius 3 is 2.00 bits per heavy atom. The molecule has 0 nitrogen and oxygen atoms in total. The molecule has 0 aliphatic heterocycles. The van der Waals surface area contributed by atoms with Crippen molar-refractivity contribution in [1.29, 1.82) is 0 Å². The third-order valence-corrected chi connectivity index (χ3v) is 3.93. The zero-order chi connectivity index (χ0) is 12.2. The maximum absolute atomic E-state index is 2.38. The van der Waals surface area contributed by atoms with Gasteiger partial charge in [0.15, 0.2) is 0 Å². The molecule has 1 unspecified atom stereocenters. The van der Waals surface area contributed by atoms with E-state index in [-0.39, 0.29) is 5.41 Å². The lowest BCUT2D eigenvalue weighted by molar-refractivity contribution is 0.303. The molecule has 0 amide bonds. The average Bonchev–Trinajstić information content (AvgIpc) is 2.27. The van der Waals surface area contributed by atoms with Gasteiger partial charge in [0.2, 0.25) is 0 Å². The van der Waals surface area contributed by atoms with Gasteiger partial charge in [0.05, 0.1) is 0 Å². The van der Waals surface area contributed by atoms with Crippen LogP contribution in [0.3, 0.4) is 0 Å². The van der Waals surface area contributed by atoms with Crippen molar-refractivity contribution >= 4 is 0 Å². The van der Waals surface area contributed by atoms with E-state index in [0.29, 0.717) is 0 Å². The molecule has 0 spiro atoms. The van der Waals surface area contributed by atoms with E-state index in [2.05, 4.69) is 65.0 Å². The van der Waals surface area contributed by atoms with E-state index in [1.54, 1.807) is 0 Å². The molecule has 0 aliphatic carbocycles. The Balaban J connectivity index is 2.69. The molecule has 16 heavy (non-hydrogen) atoms. The Morgan fingerprint density at radius 1 is 0.938 bits per heavy atom. The van der Waals surface area contributed by atoms with Crippen LogP contribution in [0, 0.1) is 11.8 Å². The maximum Gasteiger partial charge on any atom is -0.00779 e. The van der Waals surface area contributed by atoms with Crippen LogP contribution >= 0.6 is 0 Å². The van der Waals surface area contributed by atoms with Gasteiger partial charge in [0.25, 0.3) is 0 Å². The minimum atomic E-state index is 0.288. The molecule has 0 aromatic heterocycles. The highest BCUT2D eigenvalue weighted by atomic mass is 14.3. The molecular weight excluding hydrogens is 192 g/mol. The van der Waals surface area contributed by atoms with Crippen molar-refractivity contribution in [2.45, 2.75) is 52.9 Å². The van der Waals surface area contributed by atoms with Gasteiger partial charge in [-0.15, -0.1) is 0 Å². The minimum Gasteiger partial charge on any atom is -0.0628 e. The van der Waals surface area contributed by atoms with E-state index in [0.717, 1.165) is 11.8 Å². The molecule has 1 aromatic carbocycles. The predicted molar refractivity (Wildman–Crippen MR) is 72.7 cm³/mol. The molecule has 1 atom stereocenters. The van der Waals surface area contributed by atoms with Gasteiger partial charge in [0.1, 0.15) is 0 Å². The van der Waals surface area contributed by atoms with Gasteiger partial charge < -0.3 is 0 Å². The standard InChI is InChI=1S/C16H26/c1-13(2)11-12-14(3)16(4,5)15-9-7-6-8-10-15/h6-10,13-14H,11-12H2,1-5H3. The van der Waals surface area contributed by atoms with Crippen LogP contribution in [0.2, 0.25) is 0 Å². The lowest BCUT2D eigenvalue weighted by Crippen LogP contribution is -2.26. The molecule has 0 bridgehead atoms. The fraction of sp³-hybridized carbons (Fsp3) is 0.625. The first kappa shape index (κ1) is 13.3. The average molecular weight is 218 g/mol. The normalized spacial score (nSPS) is 14.1. The van der Waals surface area contributed by atoms with Crippen LogP contribution in [0.1, 0.15) is 53.0 Å². The predicted octanol–water partition coefficient (Wildman–Crippen LogP) is 5.04. The Kier molecular flexibility index (Phi) is 4.58. The van der Waals surface area contributed by atoms with E-state index < -0.39 is 0 Å². The van der Waals surface area contributed by atoms with Crippen LogP contribution < -0.4 is 0 Å². The topological polar surface area (TPSA) is 0 Å². The zero-order valence-electron chi connectivity index (χ0n) is 11.5. The number of benzene rings is 1. The first-order valence-corrected chi connectivity index (χ1v) is 6.50. The number of hydrogen-bond acceptors (Lipinski definition) is 0. The molecule has 0 N–H and O–H groups in total. The van der Waals surface area contributed by atoms with E-state index in [1.807, 2.05) is 0 Å². The third kappa shape index (κ3) is 3.37. The highest BCUT2D eigenvalue weighted by molar-refractivity contribution is 5.24. The van der Waals surface area contributed by atoms with Crippen LogP contribution in [0.5, 0.6) is 0 Å². The van der Waals surface area contributed by atoms with Gasteiger partial charge in [0, 0.05) is 0 Å². The van der Waals surface area contributed by atoms with Crippen molar-refractivity contribution in [3.05, 3.63) is 35.9 Å². The monoisotopic (exact) mass is 218 g/mol. The fourth-order valence-corrected chi connectivity index (χ4v) is 2.10. The van der Waals surface area contributed by atoms with Crippen LogP contribution in [0.25, 0.3) is 0 Å². The molecule has 0 heterocycles. The van der Waals surface area contributed by atoms with Crippen LogP contribution in [0.15, 0.2) is 30.3 Å². The summed E-state index contributed by atoms with van der Waals surface area (Å²) >= 11 is 0. The quantitative estimate of drug-likeness (QED) is 0.649. The molecule has 90 valence electrons. The molecule has 1 rings (SSSR count). The lowest BCUT2D eigenvalue weighted by Gasteiger charge is -2.33. The van der Waals surface area contributed by atoms with E-state index >= 15 is 0 Å². The van der Waals surface area contributed by atoms with Crippen molar-refractivity contribution < 1.29 is 0 Å². The smallest absolute Gasteiger partial charge is 0.00779 e. The largest absolute Gasteiger partial charge is 0.0628 e. The molecule has 0 radical (unpaired) electrons. The molecule has 0 saturated heterocycles. The highest BCUT2D eigenvalue weighted by Gasteiger charge is 2.27. The van der Waals surface area contributed by atoms with Gasteiger partial charge in [-0.3, -0.25) is 0 Å². The van der Waals surface area contributed by atoms with Gasteiger partial charge in [-0.05, 0) is 29.2 Å². The van der Waals surface area contributed by atoms with Gasteiger partial charge >= 0.3 is 0 Å². The Hall–Kier alpha value is -0.780. The summed E-state index contributed by atoms with van der Waals surface area (Å²) in [5, 5.41) is 0. The summed E-state index contributed by atoms with van der Waals surface area (Å²) in [5.74, 6) is 1.55. The summed E-state index contributed by atoms with van der Waals surface area (Å²) in [6, 6.07) is 10.9. The second kappa shape index (κ2) is 5.52. The summed E-state index contributed by atoms with van der Waals surface area (Å²) < 4.78 is 0. The second-order valence-electron chi connectivity index (χ2n) is 5.96. The van der Waals surface area contributed by atoms with Crippen LogP contribution in [-0.2, 0) is 5.41 Å². The maximum atomic E-state index is 2.38. The number of rotatable bonds is 5. The molecule has 0 heteroatoms. The van der Waals surface area contributed by atoms with Crippen molar-refractivity contribution in [3.63, 3.8) is 0 Å². The molecular formula is C16H26. The fourth-order valence-electron chi connectivity index (χ4n) is 2.10. The lowest BCUT2D eigenvalue weighted by atomic mass is 9.72. The first-order chi connectivity index (χ1) is 7.44. The summed E-state index contributed by atoms with van der Waals surface area (Å²) in [6.07, 6.45) is 2.65. The third-order valence-electron chi connectivity index (χ3n) is 3.93. The van der Waals surface area contributed by atoms with Crippen molar-refractivity contribution in [3.8, 4) is 0 Å². The molecule has 0 aliphatic rings. The Morgan fingerprint density at radius 2 is 1.50 bits per heavy atom. The SMILES string of the molecule is CC(C)CCC(C)C(C)(C)c1ccccc1. The summed E-state index contributed by atoms with van der Waals surface area (Å²) in [4.78, 5) is 0. The molecule has 0 fully saturated rings. The van der Waals surface area contributed by atoms with Crippen molar-refractivity contribution in [1.82, 2.24) is 0 Å². The summed E-state index contributed by atoms with van der Waals surface area (Å²) in [7, 11) is 0. The summed E-state index contributed by atoms with van der Waals surface area (Å²) in [6.45, 7) is 11.7. The van der Waals surface area contributed by atoms with Gasteiger partial charge in [-0.25, -0.2) is 0 Å². The van der Waals surface area contributed by atoms with E-state index in [1.165, 1.54) is 18.4 Å². The van der Waals surface area contributed by atoms with Gasteiger partial charge in [-0.1, -0.05) is 71.4 Å². The Bertz CT molecular complexity index is 295. The zero-order valence-corrected chi connectivity index (χ0v) is 11.5. The van der Waals surface area contributed by atoms with E-state index in [9.17, 15) is 0 Å². The van der Waals surface area contributed by atoms with Gasteiger partial charge in [-0.2, -0.15) is 0 Å². The first-order valence-electron chi connectivity index (χ1n) is 6.50. The molecule has 1 aromatic rings. The summed E-state index contributed by atoms with van der Waals surface area (Å²) in [5.41, 5.74) is 1.75. The number of hydrogen-bond donors (Lipinski definition) is 0. The highest BCUT2D eigenvalue weighted by Crippen LogP contribution is 2.34. The van der Waals surface area contributed by atoms with Crippen molar-refractivity contribution in [2.24, 2.45) is 11.8 Å². The Labute approximate surface area is 101 Å². The van der Waals surface area contributed by atoms with Crippen LogP contribution in [-0.4, -0.2) is 0 Å². The van der Waals surface area contributed by atoms with Crippen molar-refractivity contribution in [2.75, 3.05) is 0 Å².